The molecule has 0 aromatic rings. The quantitative estimate of drug-likeness (QED) is 0.415. The highest BCUT2D eigenvalue weighted by atomic mass is 14.9. The number of piperidine rings is 1. The zero-order valence-electron chi connectivity index (χ0n) is 13.8. The molecule has 1 radical (unpaired) electrons. The van der Waals surface area contributed by atoms with Crippen LogP contribution in [0.15, 0.2) is 0 Å². The van der Waals surface area contributed by atoms with E-state index in [4.69, 9.17) is 0 Å². The maximum absolute atomic E-state index is 3.90. The molecule has 20 heavy (non-hydrogen) atoms. The molecule has 1 heterocycles. The fourth-order valence-electron chi connectivity index (χ4n) is 3.37. The van der Waals surface area contributed by atoms with Gasteiger partial charge in [-0.05, 0) is 31.8 Å². The molecule has 0 spiro atoms. The van der Waals surface area contributed by atoms with Gasteiger partial charge >= 0.3 is 0 Å². The third-order valence-corrected chi connectivity index (χ3v) is 4.82. The average molecular weight is 281 g/mol. The Hall–Kier alpha value is -0.0400. The van der Waals surface area contributed by atoms with Gasteiger partial charge in [0.25, 0.3) is 0 Å². The van der Waals surface area contributed by atoms with Gasteiger partial charge in [-0.15, -0.1) is 0 Å². The molecule has 1 heteroatoms. The summed E-state index contributed by atoms with van der Waals surface area (Å²) in [5, 5.41) is 3.46. The highest BCUT2D eigenvalue weighted by molar-refractivity contribution is 4.68. The van der Waals surface area contributed by atoms with Gasteiger partial charge in [-0.25, -0.2) is 0 Å². The fraction of sp³-hybridized carbons (Fsp3) is 0.947. The lowest BCUT2D eigenvalue weighted by Crippen LogP contribution is -2.27. The lowest BCUT2D eigenvalue weighted by molar-refractivity contribution is 0.342. The number of hydrogen-bond acceptors (Lipinski definition) is 1. The van der Waals surface area contributed by atoms with Crippen molar-refractivity contribution in [3.63, 3.8) is 0 Å². The van der Waals surface area contributed by atoms with Gasteiger partial charge in [-0.2, -0.15) is 0 Å². The first kappa shape index (κ1) is 18.0. The van der Waals surface area contributed by atoms with E-state index in [9.17, 15) is 0 Å². The summed E-state index contributed by atoms with van der Waals surface area (Å²) >= 11 is 0. The van der Waals surface area contributed by atoms with E-state index in [-0.39, 0.29) is 0 Å². The number of hydrogen-bond donors (Lipinski definition) is 1. The van der Waals surface area contributed by atoms with Crippen molar-refractivity contribution in [1.29, 1.82) is 0 Å². The minimum atomic E-state index is 1.04. The van der Waals surface area contributed by atoms with Gasteiger partial charge in [0.15, 0.2) is 0 Å². The second kappa shape index (κ2) is 13.9. The monoisotopic (exact) mass is 280 g/mol. The SMILES string of the molecule is [CH2]CCCCCCCCCCCCCC1CCNCC1. The Morgan fingerprint density at radius 1 is 0.650 bits per heavy atom. The van der Waals surface area contributed by atoms with Crippen LogP contribution < -0.4 is 5.32 Å². The largest absolute Gasteiger partial charge is 0.317 e. The average Bonchev–Trinajstić information content (AvgIpc) is 2.49. The van der Waals surface area contributed by atoms with Gasteiger partial charge in [0, 0.05) is 0 Å². The Labute approximate surface area is 128 Å². The summed E-state index contributed by atoms with van der Waals surface area (Å²) in [5.41, 5.74) is 0. The topological polar surface area (TPSA) is 12.0 Å². The first-order chi connectivity index (χ1) is 9.93. The van der Waals surface area contributed by atoms with Crippen LogP contribution in [0.3, 0.4) is 0 Å². The van der Waals surface area contributed by atoms with Crippen LogP contribution in [0.5, 0.6) is 0 Å². The second-order valence-electron chi connectivity index (χ2n) is 6.72. The smallest absolute Gasteiger partial charge is 0.00463 e. The Balaban J connectivity index is 1.70. The first-order valence-corrected chi connectivity index (χ1v) is 9.43. The van der Waals surface area contributed by atoms with Crippen LogP contribution in [-0.4, -0.2) is 13.1 Å². The van der Waals surface area contributed by atoms with Crippen molar-refractivity contribution in [3.05, 3.63) is 6.92 Å². The van der Waals surface area contributed by atoms with Gasteiger partial charge in [-0.3, -0.25) is 0 Å². The summed E-state index contributed by atoms with van der Waals surface area (Å²) < 4.78 is 0. The Morgan fingerprint density at radius 2 is 1.10 bits per heavy atom. The number of rotatable bonds is 13. The predicted molar refractivity (Wildman–Crippen MR) is 91.0 cm³/mol. The van der Waals surface area contributed by atoms with Crippen molar-refractivity contribution in [2.75, 3.05) is 13.1 Å². The van der Waals surface area contributed by atoms with Crippen molar-refractivity contribution in [2.24, 2.45) is 5.92 Å². The van der Waals surface area contributed by atoms with Gasteiger partial charge in [-0.1, -0.05) is 90.4 Å². The van der Waals surface area contributed by atoms with Crippen molar-refractivity contribution in [1.82, 2.24) is 5.32 Å². The molecule has 1 fully saturated rings. The molecule has 1 rings (SSSR count). The van der Waals surface area contributed by atoms with E-state index in [1.807, 2.05) is 0 Å². The first-order valence-electron chi connectivity index (χ1n) is 9.43. The van der Waals surface area contributed by atoms with E-state index in [0.29, 0.717) is 0 Å². The molecular formula is C19H38N. The minimum absolute atomic E-state index is 1.04. The molecule has 0 atom stereocenters. The van der Waals surface area contributed by atoms with Crippen molar-refractivity contribution in [2.45, 2.75) is 96.3 Å². The van der Waals surface area contributed by atoms with Crippen LogP contribution in [0.4, 0.5) is 0 Å². The normalized spacial score (nSPS) is 16.6. The molecule has 1 saturated heterocycles. The molecule has 1 aliphatic rings. The Morgan fingerprint density at radius 3 is 1.60 bits per heavy atom. The van der Waals surface area contributed by atoms with Crippen LogP contribution in [0.2, 0.25) is 0 Å². The summed E-state index contributed by atoms with van der Waals surface area (Å²) in [6, 6.07) is 0. The van der Waals surface area contributed by atoms with Gasteiger partial charge < -0.3 is 5.32 Å². The van der Waals surface area contributed by atoms with Gasteiger partial charge in [0.2, 0.25) is 0 Å². The molecule has 0 aromatic carbocycles. The summed E-state index contributed by atoms with van der Waals surface area (Å²) in [7, 11) is 0. The van der Waals surface area contributed by atoms with E-state index >= 15 is 0 Å². The van der Waals surface area contributed by atoms with E-state index in [0.717, 1.165) is 12.3 Å². The summed E-state index contributed by atoms with van der Waals surface area (Å²) in [5.74, 6) is 1.04. The molecule has 1 N–H and O–H groups in total. The van der Waals surface area contributed by atoms with Crippen molar-refractivity contribution in [3.8, 4) is 0 Å². The molecular weight excluding hydrogens is 242 g/mol. The van der Waals surface area contributed by atoms with Crippen molar-refractivity contribution >= 4 is 0 Å². The molecule has 0 aromatic heterocycles. The maximum Gasteiger partial charge on any atom is -0.00463 e. The lowest BCUT2D eigenvalue weighted by atomic mass is 9.92. The zero-order valence-corrected chi connectivity index (χ0v) is 13.8. The summed E-state index contributed by atoms with van der Waals surface area (Å²) in [6.45, 7) is 6.42. The predicted octanol–water partition coefficient (Wildman–Crippen LogP) is 5.89. The molecule has 0 unspecified atom stereocenters. The molecule has 1 aliphatic heterocycles. The van der Waals surface area contributed by atoms with Crippen LogP contribution in [-0.2, 0) is 0 Å². The summed E-state index contributed by atoms with van der Waals surface area (Å²) in [4.78, 5) is 0. The molecule has 0 bridgehead atoms. The van der Waals surface area contributed by atoms with Gasteiger partial charge in [0.05, 0.1) is 0 Å². The number of nitrogens with one attached hydrogen (secondary N) is 1. The molecule has 119 valence electrons. The highest BCUT2D eigenvalue weighted by Crippen LogP contribution is 2.20. The van der Waals surface area contributed by atoms with Gasteiger partial charge in [0.1, 0.15) is 0 Å². The molecule has 0 aliphatic carbocycles. The Kier molecular flexibility index (Phi) is 12.5. The van der Waals surface area contributed by atoms with Crippen LogP contribution >= 0.6 is 0 Å². The molecule has 0 saturated carbocycles. The standard InChI is InChI=1S/C19H38N/c1-2-3-4-5-6-7-8-9-10-11-12-13-14-19-15-17-20-18-16-19/h19-20H,1-18H2. The van der Waals surface area contributed by atoms with E-state index in [2.05, 4.69) is 12.2 Å². The van der Waals surface area contributed by atoms with E-state index in [1.54, 1.807) is 0 Å². The van der Waals surface area contributed by atoms with Crippen LogP contribution in [0.25, 0.3) is 0 Å². The molecule has 1 nitrogen and oxygen atoms in total. The number of unbranched alkanes of at least 4 members (excludes halogenated alkanes) is 11. The minimum Gasteiger partial charge on any atom is -0.317 e. The fourth-order valence-corrected chi connectivity index (χ4v) is 3.37. The van der Waals surface area contributed by atoms with Crippen LogP contribution in [0.1, 0.15) is 96.3 Å². The lowest BCUT2D eigenvalue weighted by Gasteiger charge is -2.22. The highest BCUT2D eigenvalue weighted by Gasteiger charge is 2.11. The third-order valence-electron chi connectivity index (χ3n) is 4.82. The summed E-state index contributed by atoms with van der Waals surface area (Å²) in [6.07, 6.45) is 21.4. The van der Waals surface area contributed by atoms with E-state index in [1.165, 1.54) is 103 Å². The van der Waals surface area contributed by atoms with Crippen molar-refractivity contribution < 1.29 is 0 Å². The maximum atomic E-state index is 3.90. The Bertz CT molecular complexity index is 184. The van der Waals surface area contributed by atoms with Crippen LogP contribution in [0, 0.1) is 12.8 Å². The molecule has 0 amide bonds. The van der Waals surface area contributed by atoms with E-state index < -0.39 is 0 Å². The third kappa shape index (κ3) is 10.7. The zero-order chi connectivity index (χ0) is 14.3. The second-order valence-corrected chi connectivity index (χ2v) is 6.72.